The molecule has 1 unspecified atom stereocenters. The maximum atomic E-state index is 13.5. The summed E-state index contributed by atoms with van der Waals surface area (Å²) in [7, 11) is 0. The average Bonchev–Trinajstić information content (AvgIpc) is 2.97. The zero-order valence-electron chi connectivity index (χ0n) is 9.00. The Morgan fingerprint density at radius 3 is 2.47 bits per heavy atom. The number of ether oxygens (including phenoxy) is 2. The molecular weight excluding hydrogens is 195 g/mol. The highest BCUT2D eigenvalue weighted by atomic mass is 19.1. The number of alkyl halides is 1. The Balaban J connectivity index is 1.96. The Kier molecular flexibility index (Phi) is 2.65. The van der Waals surface area contributed by atoms with Gasteiger partial charge in [-0.05, 0) is 31.5 Å². The summed E-state index contributed by atoms with van der Waals surface area (Å²) in [4.78, 5) is 0. The largest absolute Gasteiger partial charge is 0.491 e. The maximum Gasteiger partial charge on any atom is 0.130 e. The van der Waals surface area contributed by atoms with Crippen LogP contribution >= 0.6 is 0 Å². The average molecular weight is 210 g/mol. The molecule has 3 heteroatoms. The molecule has 0 aromatic heterocycles. The molecule has 82 valence electrons. The van der Waals surface area contributed by atoms with Crippen LogP contribution in [0.3, 0.4) is 0 Å². The van der Waals surface area contributed by atoms with Crippen LogP contribution in [-0.4, -0.2) is 19.3 Å². The first-order valence-electron chi connectivity index (χ1n) is 5.09. The molecule has 1 aromatic rings. The van der Waals surface area contributed by atoms with E-state index in [4.69, 9.17) is 9.47 Å². The van der Waals surface area contributed by atoms with Crippen LogP contribution in [0.25, 0.3) is 0 Å². The predicted octanol–water partition coefficient (Wildman–Crippen LogP) is 2.67. The standard InChI is InChI=1S/C12H15FO2/c1-12(2,13)9-3-5-10(6-4-9)14-7-11-8-15-11/h3-6,11H,7-8H2,1-2H3. The van der Waals surface area contributed by atoms with Gasteiger partial charge in [0, 0.05) is 0 Å². The van der Waals surface area contributed by atoms with Gasteiger partial charge in [-0.15, -0.1) is 0 Å². The van der Waals surface area contributed by atoms with E-state index in [2.05, 4.69) is 0 Å². The number of hydrogen-bond acceptors (Lipinski definition) is 2. The Morgan fingerprint density at radius 1 is 1.40 bits per heavy atom. The van der Waals surface area contributed by atoms with Gasteiger partial charge in [0.15, 0.2) is 0 Å². The van der Waals surface area contributed by atoms with Crippen LogP contribution in [0.15, 0.2) is 24.3 Å². The Labute approximate surface area is 89.0 Å². The first kappa shape index (κ1) is 10.4. The third-order valence-corrected chi connectivity index (χ3v) is 2.38. The molecule has 2 rings (SSSR count). The minimum atomic E-state index is -1.29. The van der Waals surface area contributed by atoms with Gasteiger partial charge in [0.05, 0.1) is 6.61 Å². The Bertz CT molecular complexity index is 322. The number of epoxide rings is 1. The minimum Gasteiger partial charge on any atom is -0.491 e. The van der Waals surface area contributed by atoms with Crippen molar-refractivity contribution in [3.8, 4) is 5.75 Å². The quantitative estimate of drug-likeness (QED) is 0.713. The van der Waals surface area contributed by atoms with Crippen LogP contribution in [0, 0.1) is 0 Å². The molecule has 1 heterocycles. The molecule has 0 aliphatic carbocycles. The number of halogens is 1. The van der Waals surface area contributed by atoms with Gasteiger partial charge >= 0.3 is 0 Å². The lowest BCUT2D eigenvalue weighted by atomic mass is 10.0. The Morgan fingerprint density at radius 2 is 2.00 bits per heavy atom. The summed E-state index contributed by atoms with van der Waals surface area (Å²) in [5, 5.41) is 0. The maximum absolute atomic E-state index is 13.5. The number of hydrogen-bond donors (Lipinski definition) is 0. The molecule has 0 saturated carbocycles. The van der Waals surface area contributed by atoms with Gasteiger partial charge < -0.3 is 9.47 Å². The molecule has 1 aliphatic rings. The SMILES string of the molecule is CC(C)(F)c1ccc(OCC2CO2)cc1. The Hall–Kier alpha value is -1.09. The molecule has 0 amide bonds. The molecule has 0 bridgehead atoms. The van der Waals surface area contributed by atoms with Gasteiger partial charge in [-0.1, -0.05) is 12.1 Å². The van der Waals surface area contributed by atoms with Crippen molar-refractivity contribution in [2.75, 3.05) is 13.2 Å². The van der Waals surface area contributed by atoms with Gasteiger partial charge in [0.2, 0.25) is 0 Å². The van der Waals surface area contributed by atoms with E-state index in [1.807, 2.05) is 0 Å². The summed E-state index contributed by atoms with van der Waals surface area (Å²) in [5.74, 6) is 0.763. The third kappa shape index (κ3) is 2.93. The van der Waals surface area contributed by atoms with Crippen molar-refractivity contribution in [3.63, 3.8) is 0 Å². The van der Waals surface area contributed by atoms with Crippen molar-refractivity contribution in [2.45, 2.75) is 25.6 Å². The molecule has 0 radical (unpaired) electrons. The summed E-state index contributed by atoms with van der Waals surface area (Å²) < 4.78 is 24.0. The van der Waals surface area contributed by atoms with E-state index < -0.39 is 5.67 Å². The highest BCUT2D eigenvalue weighted by molar-refractivity contribution is 5.30. The summed E-state index contributed by atoms with van der Waals surface area (Å²) in [5.41, 5.74) is -0.629. The normalized spacial score (nSPS) is 20.1. The fourth-order valence-electron chi connectivity index (χ4n) is 1.30. The second-order valence-corrected chi connectivity index (χ2v) is 4.26. The second-order valence-electron chi connectivity index (χ2n) is 4.26. The lowest BCUT2D eigenvalue weighted by Gasteiger charge is -2.14. The van der Waals surface area contributed by atoms with Crippen molar-refractivity contribution < 1.29 is 13.9 Å². The van der Waals surface area contributed by atoms with Crippen LogP contribution in [0.4, 0.5) is 4.39 Å². The summed E-state index contributed by atoms with van der Waals surface area (Å²) in [6.07, 6.45) is 0.252. The van der Waals surface area contributed by atoms with Crippen molar-refractivity contribution in [1.82, 2.24) is 0 Å². The number of rotatable bonds is 4. The fourth-order valence-corrected chi connectivity index (χ4v) is 1.30. The van der Waals surface area contributed by atoms with E-state index in [1.165, 1.54) is 0 Å². The van der Waals surface area contributed by atoms with E-state index in [1.54, 1.807) is 38.1 Å². The van der Waals surface area contributed by atoms with Gasteiger partial charge in [-0.25, -0.2) is 4.39 Å². The van der Waals surface area contributed by atoms with Crippen molar-refractivity contribution in [3.05, 3.63) is 29.8 Å². The van der Waals surface area contributed by atoms with Crippen LogP contribution in [0.2, 0.25) is 0 Å². The third-order valence-electron chi connectivity index (χ3n) is 2.38. The lowest BCUT2D eigenvalue weighted by Crippen LogP contribution is -2.09. The predicted molar refractivity (Wildman–Crippen MR) is 55.8 cm³/mol. The fraction of sp³-hybridized carbons (Fsp3) is 0.500. The van der Waals surface area contributed by atoms with Gasteiger partial charge in [0.25, 0.3) is 0 Å². The van der Waals surface area contributed by atoms with Crippen molar-refractivity contribution >= 4 is 0 Å². The molecule has 2 nitrogen and oxygen atoms in total. The van der Waals surface area contributed by atoms with E-state index in [0.29, 0.717) is 12.2 Å². The summed E-state index contributed by atoms with van der Waals surface area (Å²) in [6, 6.07) is 7.09. The molecule has 0 N–H and O–H groups in total. The molecular formula is C12H15FO2. The summed E-state index contributed by atoms with van der Waals surface area (Å²) in [6.45, 7) is 4.45. The van der Waals surface area contributed by atoms with E-state index >= 15 is 0 Å². The monoisotopic (exact) mass is 210 g/mol. The van der Waals surface area contributed by atoms with E-state index in [0.717, 1.165) is 12.4 Å². The van der Waals surface area contributed by atoms with E-state index in [9.17, 15) is 4.39 Å². The van der Waals surface area contributed by atoms with Crippen LogP contribution in [0.5, 0.6) is 5.75 Å². The topological polar surface area (TPSA) is 21.8 Å². The van der Waals surface area contributed by atoms with Gasteiger partial charge in [0.1, 0.15) is 24.1 Å². The van der Waals surface area contributed by atoms with Crippen LogP contribution in [0.1, 0.15) is 19.4 Å². The van der Waals surface area contributed by atoms with E-state index in [-0.39, 0.29) is 6.10 Å². The van der Waals surface area contributed by atoms with Gasteiger partial charge in [-0.3, -0.25) is 0 Å². The zero-order chi connectivity index (χ0) is 10.9. The second kappa shape index (κ2) is 3.81. The van der Waals surface area contributed by atoms with Crippen molar-refractivity contribution in [1.29, 1.82) is 0 Å². The molecule has 1 fully saturated rings. The zero-order valence-corrected chi connectivity index (χ0v) is 9.00. The lowest BCUT2D eigenvalue weighted by molar-refractivity contribution is 0.221. The molecule has 1 aromatic carbocycles. The van der Waals surface area contributed by atoms with Crippen molar-refractivity contribution in [2.24, 2.45) is 0 Å². The highest BCUT2D eigenvalue weighted by Crippen LogP contribution is 2.26. The number of benzene rings is 1. The first-order chi connectivity index (χ1) is 7.05. The van der Waals surface area contributed by atoms with Gasteiger partial charge in [-0.2, -0.15) is 0 Å². The molecule has 1 saturated heterocycles. The summed E-state index contributed by atoms with van der Waals surface area (Å²) >= 11 is 0. The highest BCUT2D eigenvalue weighted by Gasteiger charge is 2.23. The minimum absolute atomic E-state index is 0.252. The molecule has 1 atom stereocenters. The molecule has 1 aliphatic heterocycles. The van der Waals surface area contributed by atoms with Crippen LogP contribution < -0.4 is 4.74 Å². The molecule has 0 spiro atoms. The smallest absolute Gasteiger partial charge is 0.130 e. The first-order valence-corrected chi connectivity index (χ1v) is 5.09. The van der Waals surface area contributed by atoms with Crippen LogP contribution in [-0.2, 0) is 10.4 Å². The molecule has 15 heavy (non-hydrogen) atoms.